The molecule has 1 fully saturated rings. The molecule has 0 amide bonds. The second-order valence-corrected chi connectivity index (χ2v) is 5.87. The van der Waals surface area contributed by atoms with E-state index < -0.39 is 0 Å². The van der Waals surface area contributed by atoms with Gasteiger partial charge in [-0.05, 0) is 18.6 Å². The van der Waals surface area contributed by atoms with Crippen molar-refractivity contribution in [3.05, 3.63) is 41.5 Å². The van der Waals surface area contributed by atoms with Gasteiger partial charge in [0, 0.05) is 15.9 Å². The molecule has 0 radical (unpaired) electrons. The molecular weight excluding hydrogens is 315 g/mol. The summed E-state index contributed by atoms with van der Waals surface area (Å²) in [6.07, 6.45) is 2.67. The van der Waals surface area contributed by atoms with Crippen LogP contribution in [0.1, 0.15) is 18.9 Å². The Hall–Kier alpha value is -0.840. The summed E-state index contributed by atoms with van der Waals surface area (Å²) in [4.78, 5) is 11.6. The fraction of sp³-hybridized carbons (Fsp3) is 0.308. The van der Waals surface area contributed by atoms with Gasteiger partial charge < -0.3 is 4.74 Å². The molecule has 1 aliphatic rings. The first-order valence-corrected chi connectivity index (χ1v) is 6.52. The summed E-state index contributed by atoms with van der Waals surface area (Å²) in [6.45, 7) is 2.06. The summed E-state index contributed by atoms with van der Waals surface area (Å²) < 4.78 is 5.64. The van der Waals surface area contributed by atoms with Crippen molar-refractivity contribution in [2.24, 2.45) is 0 Å². The van der Waals surface area contributed by atoms with Crippen molar-refractivity contribution in [3.63, 3.8) is 0 Å². The van der Waals surface area contributed by atoms with Gasteiger partial charge in [0.2, 0.25) is 0 Å². The lowest BCUT2D eigenvalue weighted by atomic mass is 10.1. The maximum atomic E-state index is 11.6. The Bertz CT molecular complexity index is 409. The molecule has 0 spiro atoms. The van der Waals surface area contributed by atoms with Crippen LogP contribution in [-0.2, 0) is 9.53 Å². The molecule has 0 N–H and O–H groups in total. The zero-order chi connectivity index (χ0) is 11.5. The van der Waals surface area contributed by atoms with E-state index in [9.17, 15) is 4.79 Å². The highest BCUT2D eigenvalue weighted by molar-refractivity contribution is 14.1. The number of hydrogen-bond donors (Lipinski definition) is 0. The van der Waals surface area contributed by atoms with Gasteiger partial charge in [-0.2, -0.15) is 0 Å². The zero-order valence-electron chi connectivity index (χ0n) is 9.02. The molecule has 84 valence electrons. The van der Waals surface area contributed by atoms with Crippen LogP contribution in [0.5, 0.6) is 0 Å². The molecule has 2 atom stereocenters. The van der Waals surface area contributed by atoms with E-state index in [-0.39, 0.29) is 12.1 Å². The van der Waals surface area contributed by atoms with Gasteiger partial charge in [0.1, 0.15) is 6.10 Å². The number of cyclic esters (lactones) is 1. The second kappa shape index (κ2) is 4.99. The molecule has 0 saturated carbocycles. The fourth-order valence-electron chi connectivity index (χ4n) is 1.68. The van der Waals surface area contributed by atoms with Gasteiger partial charge in [-0.15, -0.1) is 0 Å². The lowest BCUT2D eigenvalue weighted by Gasteiger charge is -2.09. The van der Waals surface area contributed by atoms with Crippen LogP contribution in [0, 0.1) is 0 Å². The molecule has 1 heterocycles. The number of hydrogen-bond acceptors (Lipinski definition) is 2. The lowest BCUT2D eigenvalue weighted by molar-refractivity contribution is -0.138. The van der Waals surface area contributed by atoms with Crippen LogP contribution in [0.2, 0.25) is 0 Å². The monoisotopic (exact) mass is 328 g/mol. The van der Waals surface area contributed by atoms with Gasteiger partial charge in [-0.3, -0.25) is 0 Å². The number of esters is 1. The third-order valence-corrected chi connectivity index (χ3v) is 3.40. The highest BCUT2D eigenvalue weighted by Gasteiger charge is 2.31. The smallest absolute Gasteiger partial charge is 0.334 e. The third-order valence-electron chi connectivity index (χ3n) is 2.59. The molecule has 0 aromatic heterocycles. The SMILES string of the molecule is C[C@@H](I)[C@@H]1C/C(=C/c2ccccc2)C(=O)O1. The van der Waals surface area contributed by atoms with Crippen molar-refractivity contribution in [1.82, 2.24) is 0 Å². The standard InChI is InChI=1S/C13H13IO2/c1-9(14)12-8-11(13(15)16-12)7-10-5-3-2-4-6-10/h2-7,9,12H,8H2,1H3/b11-7-/t9-,12+/m1/s1. The minimum atomic E-state index is -0.169. The van der Waals surface area contributed by atoms with Gasteiger partial charge >= 0.3 is 5.97 Å². The molecule has 1 aromatic rings. The number of benzene rings is 1. The average molecular weight is 328 g/mol. The molecule has 1 aromatic carbocycles. The van der Waals surface area contributed by atoms with Crippen molar-refractivity contribution in [3.8, 4) is 0 Å². The van der Waals surface area contributed by atoms with Crippen LogP contribution in [0.15, 0.2) is 35.9 Å². The Morgan fingerprint density at radius 3 is 2.69 bits per heavy atom. The van der Waals surface area contributed by atoms with Crippen LogP contribution in [0.3, 0.4) is 0 Å². The number of halogens is 1. The van der Waals surface area contributed by atoms with Gasteiger partial charge in [0.15, 0.2) is 0 Å². The zero-order valence-corrected chi connectivity index (χ0v) is 11.2. The van der Waals surface area contributed by atoms with Crippen molar-refractivity contribution in [2.75, 3.05) is 0 Å². The predicted octanol–water partition coefficient (Wildman–Crippen LogP) is 3.21. The van der Waals surface area contributed by atoms with E-state index in [1.54, 1.807) is 0 Å². The highest BCUT2D eigenvalue weighted by atomic mass is 127. The van der Waals surface area contributed by atoms with Gasteiger partial charge in [0.25, 0.3) is 0 Å². The summed E-state index contributed by atoms with van der Waals surface area (Å²) in [5.41, 5.74) is 1.83. The van der Waals surface area contributed by atoms with Crippen molar-refractivity contribution < 1.29 is 9.53 Å². The number of carbonyl (C=O) groups excluding carboxylic acids is 1. The molecule has 3 heteroatoms. The molecule has 1 aliphatic heterocycles. The fourth-order valence-corrected chi connectivity index (χ4v) is 2.08. The predicted molar refractivity (Wildman–Crippen MR) is 72.4 cm³/mol. The maximum Gasteiger partial charge on any atom is 0.334 e. The molecule has 2 rings (SSSR count). The van der Waals surface area contributed by atoms with E-state index in [1.165, 1.54) is 0 Å². The summed E-state index contributed by atoms with van der Waals surface area (Å²) >= 11 is 2.29. The molecule has 16 heavy (non-hydrogen) atoms. The first-order valence-electron chi connectivity index (χ1n) is 5.27. The topological polar surface area (TPSA) is 26.3 Å². The normalized spacial score (nSPS) is 24.5. The Kier molecular flexibility index (Phi) is 3.63. The molecule has 0 aliphatic carbocycles. The van der Waals surface area contributed by atoms with E-state index in [0.29, 0.717) is 3.92 Å². The molecular formula is C13H13IO2. The molecule has 2 nitrogen and oxygen atoms in total. The summed E-state index contributed by atoms with van der Waals surface area (Å²) in [6, 6.07) is 9.86. The Balaban J connectivity index is 2.17. The van der Waals surface area contributed by atoms with Crippen molar-refractivity contribution in [1.29, 1.82) is 0 Å². The third kappa shape index (κ3) is 2.64. The Labute approximate surface area is 109 Å². The maximum absolute atomic E-state index is 11.6. The Morgan fingerprint density at radius 1 is 1.44 bits per heavy atom. The van der Waals surface area contributed by atoms with Gasteiger partial charge in [-0.25, -0.2) is 4.79 Å². The summed E-state index contributed by atoms with van der Waals surface area (Å²) in [5.74, 6) is -0.169. The van der Waals surface area contributed by atoms with Crippen LogP contribution in [-0.4, -0.2) is 16.0 Å². The van der Waals surface area contributed by atoms with E-state index in [1.807, 2.05) is 36.4 Å². The number of ether oxygens (including phenoxy) is 1. The number of rotatable bonds is 2. The van der Waals surface area contributed by atoms with Crippen LogP contribution >= 0.6 is 22.6 Å². The average Bonchev–Trinajstić information content (AvgIpc) is 2.62. The number of alkyl halides is 1. The van der Waals surface area contributed by atoms with Gasteiger partial charge in [-0.1, -0.05) is 52.9 Å². The molecule has 1 saturated heterocycles. The van der Waals surface area contributed by atoms with Gasteiger partial charge in [0.05, 0.1) is 0 Å². The minimum Gasteiger partial charge on any atom is -0.458 e. The minimum absolute atomic E-state index is 0.0306. The van der Waals surface area contributed by atoms with E-state index in [4.69, 9.17) is 4.74 Å². The van der Waals surface area contributed by atoms with Crippen molar-refractivity contribution >= 4 is 34.6 Å². The highest BCUT2D eigenvalue weighted by Crippen LogP contribution is 2.27. The van der Waals surface area contributed by atoms with E-state index in [2.05, 4.69) is 29.5 Å². The summed E-state index contributed by atoms with van der Waals surface area (Å²) in [7, 11) is 0. The van der Waals surface area contributed by atoms with E-state index in [0.717, 1.165) is 17.6 Å². The first-order chi connectivity index (χ1) is 7.66. The van der Waals surface area contributed by atoms with Crippen LogP contribution in [0.25, 0.3) is 6.08 Å². The number of carbonyl (C=O) groups is 1. The van der Waals surface area contributed by atoms with Crippen LogP contribution < -0.4 is 0 Å². The Morgan fingerprint density at radius 2 is 2.12 bits per heavy atom. The second-order valence-electron chi connectivity index (χ2n) is 3.91. The molecule has 0 unspecified atom stereocenters. The molecule has 0 bridgehead atoms. The van der Waals surface area contributed by atoms with Crippen LogP contribution in [0.4, 0.5) is 0 Å². The van der Waals surface area contributed by atoms with E-state index >= 15 is 0 Å². The lowest BCUT2D eigenvalue weighted by Crippen LogP contribution is -2.16. The first kappa shape index (κ1) is 11.6. The largest absolute Gasteiger partial charge is 0.458 e. The summed E-state index contributed by atoms with van der Waals surface area (Å²) in [5, 5.41) is 0. The quantitative estimate of drug-likeness (QED) is 0.361. The van der Waals surface area contributed by atoms with Crippen molar-refractivity contribution in [2.45, 2.75) is 23.4 Å².